The monoisotopic (exact) mass is 388 g/mol. The summed E-state index contributed by atoms with van der Waals surface area (Å²) in [6.07, 6.45) is 0. The molecule has 4 aromatic rings. The first kappa shape index (κ1) is 18.1. The maximum atomic E-state index is 12.5. The minimum absolute atomic E-state index is 0.181. The fourth-order valence-corrected chi connectivity index (χ4v) is 4.06. The number of aromatic amines is 1. The van der Waals surface area contributed by atoms with E-state index in [1.165, 1.54) is 5.56 Å². The molecular weight excluding hydrogens is 368 g/mol. The van der Waals surface area contributed by atoms with Gasteiger partial charge in [0.15, 0.2) is 0 Å². The maximum Gasteiger partial charge on any atom is 0.269 e. The van der Waals surface area contributed by atoms with E-state index in [1.54, 1.807) is 17.4 Å². The Balaban J connectivity index is 1.46. The quantitative estimate of drug-likeness (QED) is 0.518. The zero-order valence-corrected chi connectivity index (χ0v) is 16.5. The van der Waals surface area contributed by atoms with Crippen LogP contribution in [0.2, 0.25) is 0 Å². The van der Waals surface area contributed by atoms with Gasteiger partial charge in [-0.25, -0.2) is 4.98 Å². The largest absolute Gasteiger partial charge is 0.346 e. The Bertz CT molecular complexity index is 1110. The van der Waals surface area contributed by atoms with Crippen LogP contribution in [0.5, 0.6) is 0 Å². The van der Waals surface area contributed by atoms with E-state index in [1.807, 2.05) is 49.4 Å². The lowest BCUT2D eigenvalue weighted by Crippen LogP contribution is -2.23. The van der Waals surface area contributed by atoms with Gasteiger partial charge < -0.3 is 5.32 Å². The number of benzene rings is 2. The van der Waals surface area contributed by atoms with Crippen molar-refractivity contribution in [3.8, 4) is 21.8 Å². The number of amides is 1. The van der Waals surface area contributed by atoms with Gasteiger partial charge >= 0.3 is 0 Å². The average molecular weight is 388 g/mol. The van der Waals surface area contributed by atoms with Crippen molar-refractivity contribution in [2.24, 2.45) is 0 Å². The van der Waals surface area contributed by atoms with Gasteiger partial charge in [-0.2, -0.15) is 5.10 Å². The molecule has 0 radical (unpaired) electrons. The van der Waals surface area contributed by atoms with Crippen molar-refractivity contribution in [3.05, 3.63) is 82.5 Å². The van der Waals surface area contributed by atoms with Gasteiger partial charge in [0, 0.05) is 16.0 Å². The van der Waals surface area contributed by atoms with Gasteiger partial charge in [0.1, 0.15) is 10.7 Å². The second-order valence-corrected chi connectivity index (χ2v) is 7.64. The van der Waals surface area contributed by atoms with Crippen LogP contribution in [0.25, 0.3) is 21.8 Å². The molecule has 5 nitrogen and oxygen atoms in total. The molecule has 140 valence electrons. The highest BCUT2D eigenvalue weighted by atomic mass is 32.1. The number of thiazole rings is 1. The van der Waals surface area contributed by atoms with Crippen LogP contribution >= 0.6 is 11.3 Å². The highest BCUT2D eigenvalue weighted by molar-refractivity contribution is 7.15. The summed E-state index contributed by atoms with van der Waals surface area (Å²) in [6.45, 7) is 4.49. The van der Waals surface area contributed by atoms with E-state index < -0.39 is 0 Å². The normalized spacial score (nSPS) is 10.8. The molecule has 0 aliphatic carbocycles. The second kappa shape index (κ2) is 7.78. The summed E-state index contributed by atoms with van der Waals surface area (Å²) in [5.74, 6) is -0.181. The fourth-order valence-electron chi connectivity index (χ4n) is 2.97. The third kappa shape index (κ3) is 3.73. The molecule has 0 bridgehead atoms. The van der Waals surface area contributed by atoms with Crippen LogP contribution in [0.1, 0.15) is 26.6 Å². The van der Waals surface area contributed by atoms with Crippen molar-refractivity contribution in [3.63, 3.8) is 0 Å². The number of carbonyl (C=O) groups excluding carboxylic acids is 1. The van der Waals surface area contributed by atoms with Crippen LogP contribution in [-0.4, -0.2) is 21.1 Å². The number of aromatic nitrogens is 3. The Hall–Kier alpha value is -3.25. The summed E-state index contributed by atoms with van der Waals surface area (Å²) in [5, 5.41) is 11.0. The first-order chi connectivity index (χ1) is 13.6. The summed E-state index contributed by atoms with van der Waals surface area (Å²) >= 11 is 1.61. The Kier molecular flexibility index (Phi) is 5.04. The van der Waals surface area contributed by atoms with Crippen molar-refractivity contribution in [2.75, 3.05) is 0 Å². The summed E-state index contributed by atoms with van der Waals surface area (Å²) in [5.41, 5.74) is 5.44. The summed E-state index contributed by atoms with van der Waals surface area (Å²) < 4.78 is 0. The maximum absolute atomic E-state index is 12.5. The molecule has 0 aliphatic heterocycles. The minimum atomic E-state index is -0.181. The van der Waals surface area contributed by atoms with E-state index in [-0.39, 0.29) is 5.91 Å². The number of nitrogens with one attached hydrogen (secondary N) is 2. The minimum Gasteiger partial charge on any atom is -0.346 e. The molecular formula is C22H20N4OS. The molecule has 0 saturated heterocycles. The first-order valence-electron chi connectivity index (χ1n) is 9.03. The molecule has 2 aromatic carbocycles. The van der Waals surface area contributed by atoms with Crippen LogP contribution in [-0.2, 0) is 6.54 Å². The summed E-state index contributed by atoms with van der Waals surface area (Å²) in [6, 6.07) is 19.7. The number of nitrogens with zero attached hydrogens (tertiary/aromatic N) is 2. The SMILES string of the molecule is Cc1ccccc1-c1nc(C)c(CNC(=O)c2cc(-c3ccccc3)n[nH]2)s1. The van der Waals surface area contributed by atoms with Gasteiger partial charge in [-0.15, -0.1) is 11.3 Å². The van der Waals surface area contributed by atoms with E-state index in [0.717, 1.165) is 32.4 Å². The molecule has 2 aromatic heterocycles. The third-order valence-electron chi connectivity index (χ3n) is 4.57. The van der Waals surface area contributed by atoms with Crippen LogP contribution < -0.4 is 5.32 Å². The Morgan fingerprint density at radius 2 is 1.82 bits per heavy atom. The van der Waals surface area contributed by atoms with Gasteiger partial charge in [-0.1, -0.05) is 54.6 Å². The van der Waals surface area contributed by atoms with E-state index in [2.05, 4.69) is 39.6 Å². The van der Waals surface area contributed by atoms with E-state index in [4.69, 9.17) is 0 Å². The number of aryl methyl sites for hydroxylation is 2. The van der Waals surface area contributed by atoms with Gasteiger partial charge in [-0.05, 0) is 25.5 Å². The van der Waals surface area contributed by atoms with Gasteiger partial charge in [-0.3, -0.25) is 9.89 Å². The van der Waals surface area contributed by atoms with Crippen molar-refractivity contribution >= 4 is 17.2 Å². The van der Waals surface area contributed by atoms with Crippen LogP contribution in [0.4, 0.5) is 0 Å². The molecule has 6 heteroatoms. The van der Waals surface area contributed by atoms with Gasteiger partial charge in [0.05, 0.1) is 17.9 Å². The third-order valence-corrected chi connectivity index (χ3v) is 5.76. The molecule has 1 amide bonds. The van der Waals surface area contributed by atoms with Crippen molar-refractivity contribution < 1.29 is 4.79 Å². The number of hydrogen-bond acceptors (Lipinski definition) is 4. The second-order valence-electron chi connectivity index (χ2n) is 6.56. The predicted octanol–water partition coefficient (Wildman–Crippen LogP) is 4.75. The Morgan fingerprint density at radius 3 is 2.61 bits per heavy atom. The van der Waals surface area contributed by atoms with Crippen LogP contribution in [0, 0.1) is 13.8 Å². The summed E-state index contributed by atoms with van der Waals surface area (Å²) in [4.78, 5) is 18.2. The topological polar surface area (TPSA) is 70.7 Å². The van der Waals surface area contributed by atoms with E-state index >= 15 is 0 Å². The highest BCUT2D eigenvalue weighted by Crippen LogP contribution is 2.30. The molecule has 28 heavy (non-hydrogen) atoms. The van der Waals surface area contributed by atoms with Gasteiger partial charge in [0.2, 0.25) is 0 Å². The number of hydrogen-bond donors (Lipinski definition) is 2. The van der Waals surface area contributed by atoms with Crippen LogP contribution in [0.15, 0.2) is 60.7 Å². The molecule has 0 unspecified atom stereocenters. The molecule has 2 heterocycles. The first-order valence-corrected chi connectivity index (χ1v) is 9.85. The van der Waals surface area contributed by atoms with Crippen molar-refractivity contribution in [2.45, 2.75) is 20.4 Å². The molecule has 0 saturated carbocycles. The molecule has 0 aliphatic rings. The predicted molar refractivity (Wildman–Crippen MR) is 112 cm³/mol. The molecule has 0 fully saturated rings. The molecule has 0 spiro atoms. The average Bonchev–Trinajstić information content (AvgIpc) is 3.34. The lowest BCUT2D eigenvalue weighted by molar-refractivity contribution is 0.0946. The van der Waals surface area contributed by atoms with E-state index in [9.17, 15) is 4.79 Å². The fraction of sp³-hybridized carbons (Fsp3) is 0.136. The zero-order valence-electron chi connectivity index (χ0n) is 15.7. The molecule has 4 rings (SSSR count). The molecule has 2 N–H and O–H groups in total. The smallest absolute Gasteiger partial charge is 0.269 e. The van der Waals surface area contributed by atoms with Crippen molar-refractivity contribution in [1.82, 2.24) is 20.5 Å². The lowest BCUT2D eigenvalue weighted by atomic mass is 10.1. The highest BCUT2D eigenvalue weighted by Gasteiger charge is 2.14. The van der Waals surface area contributed by atoms with Crippen LogP contribution in [0.3, 0.4) is 0 Å². The zero-order chi connectivity index (χ0) is 19.5. The van der Waals surface area contributed by atoms with Crippen molar-refractivity contribution in [1.29, 1.82) is 0 Å². The Morgan fingerprint density at radius 1 is 1.07 bits per heavy atom. The van der Waals surface area contributed by atoms with Gasteiger partial charge in [0.25, 0.3) is 5.91 Å². The summed E-state index contributed by atoms with van der Waals surface area (Å²) in [7, 11) is 0. The number of H-pyrrole nitrogens is 1. The lowest BCUT2D eigenvalue weighted by Gasteiger charge is -2.02. The molecule has 0 atom stereocenters. The number of rotatable bonds is 5. The van der Waals surface area contributed by atoms with E-state index in [0.29, 0.717) is 12.2 Å². The number of carbonyl (C=O) groups is 1. The standard InChI is InChI=1S/C22H20N4OS/c1-14-8-6-7-11-17(14)22-24-15(2)20(28-22)13-23-21(27)19-12-18(25-26-19)16-9-4-3-5-10-16/h3-12H,13H2,1-2H3,(H,23,27)(H,25,26). The Labute approximate surface area is 167 Å².